The van der Waals surface area contributed by atoms with E-state index in [2.05, 4.69) is 4.98 Å². The average Bonchev–Trinajstić information content (AvgIpc) is 2.87. The Morgan fingerprint density at radius 3 is 2.71 bits per heavy atom. The summed E-state index contributed by atoms with van der Waals surface area (Å²) in [6.45, 7) is -0.516. The van der Waals surface area contributed by atoms with Crippen LogP contribution in [0.15, 0.2) is 40.8 Å². The standard InChI is InChI=1S/C14H9ClN2O3S/c15-9-3-1-8(2-4-9)10-6-21-13-12(10)14(20)17(7-16-13)5-11(18)19/h1-4,6-7H,5H2,(H,18,19)/p-1. The molecule has 0 N–H and O–H groups in total. The van der Waals surface area contributed by atoms with Crippen molar-refractivity contribution in [2.45, 2.75) is 6.54 Å². The molecule has 21 heavy (non-hydrogen) atoms. The Labute approximate surface area is 128 Å². The van der Waals surface area contributed by atoms with E-state index in [0.29, 0.717) is 15.2 Å². The van der Waals surface area contributed by atoms with E-state index in [1.807, 2.05) is 5.38 Å². The molecule has 0 fully saturated rings. The van der Waals surface area contributed by atoms with Gasteiger partial charge in [0.15, 0.2) is 0 Å². The number of nitrogens with zero attached hydrogens (tertiary/aromatic N) is 2. The number of aliphatic carboxylic acids is 1. The van der Waals surface area contributed by atoms with E-state index in [9.17, 15) is 14.7 Å². The molecule has 2 heterocycles. The second-order valence-electron chi connectivity index (χ2n) is 4.39. The van der Waals surface area contributed by atoms with Crippen LogP contribution in [0.1, 0.15) is 0 Å². The van der Waals surface area contributed by atoms with Crippen LogP contribution in [0.25, 0.3) is 21.3 Å². The van der Waals surface area contributed by atoms with Crippen LogP contribution < -0.4 is 10.7 Å². The first-order chi connectivity index (χ1) is 10.1. The molecule has 0 aliphatic rings. The fourth-order valence-corrected chi connectivity index (χ4v) is 3.09. The molecular weight excluding hydrogens is 312 g/mol. The number of carbonyl (C=O) groups is 1. The number of benzene rings is 1. The van der Waals surface area contributed by atoms with Crippen LogP contribution in [0.3, 0.4) is 0 Å². The summed E-state index contributed by atoms with van der Waals surface area (Å²) in [4.78, 5) is 27.8. The molecule has 0 spiro atoms. The lowest BCUT2D eigenvalue weighted by atomic mass is 10.1. The van der Waals surface area contributed by atoms with Crippen molar-refractivity contribution in [1.29, 1.82) is 0 Å². The first kappa shape index (κ1) is 13.8. The zero-order valence-electron chi connectivity index (χ0n) is 10.6. The van der Waals surface area contributed by atoms with Gasteiger partial charge in [0, 0.05) is 16.0 Å². The van der Waals surface area contributed by atoms with E-state index in [1.165, 1.54) is 17.7 Å². The summed E-state index contributed by atoms with van der Waals surface area (Å²) in [5, 5.41) is 13.5. The van der Waals surface area contributed by atoms with Crippen molar-refractivity contribution in [3.63, 3.8) is 0 Å². The number of aromatic nitrogens is 2. The van der Waals surface area contributed by atoms with Gasteiger partial charge in [-0.25, -0.2) is 4.98 Å². The summed E-state index contributed by atoms with van der Waals surface area (Å²) < 4.78 is 1.03. The van der Waals surface area contributed by atoms with Gasteiger partial charge < -0.3 is 9.90 Å². The predicted octanol–water partition coefficient (Wildman–Crippen LogP) is 1.53. The number of thiophene rings is 1. The Morgan fingerprint density at radius 2 is 2.05 bits per heavy atom. The number of carbonyl (C=O) groups excluding carboxylic acids is 1. The molecule has 106 valence electrons. The van der Waals surface area contributed by atoms with E-state index in [4.69, 9.17) is 11.6 Å². The molecule has 3 rings (SSSR count). The molecular formula is C14H8ClN2O3S-. The Balaban J connectivity index is 2.22. The smallest absolute Gasteiger partial charge is 0.263 e. The van der Waals surface area contributed by atoms with Gasteiger partial charge in [-0.1, -0.05) is 23.7 Å². The SMILES string of the molecule is O=C([O-])Cn1cnc2scc(-c3ccc(Cl)cc3)c2c1=O. The molecule has 0 atom stereocenters. The third-order valence-corrected chi connectivity index (χ3v) is 4.15. The molecule has 0 saturated carbocycles. The second-order valence-corrected chi connectivity index (χ2v) is 5.68. The lowest BCUT2D eigenvalue weighted by Gasteiger charge is -2.06. The molecule has 3 aromatic rings. The third-order valence-electron chi connectivity index (χ3n) is 3.02. The second kappa shape index (κ2) is 5.31. The summed E-state index contributed by atoms with van der Waals surface area (Å²) >= 11 is 7.19. The number of carboxylic acid groups (broad SMARTS) is 1. The fraction of sp³-hybridized carbons (Fsp3) is 0.0714. The van der Waals surface area contributed by atoms with E-state index in [-0.39, 0.29) is 0 Å². The maximum Gasteiger partial charge on any atom is 0.263 e. The number of halogens is 1. The highest BCUT2D eigenvalue weighted by Gasteiger charge is 2.13. The normalized spacial score (nSPS) is 10.9. The van der Waals surface area contributed by atoms with Crippen molar-refractivity contribution in [2.75, 3.05) is 0 Å². The van der Waals surface area contributed by atoms with E-state index in [0.717, 1.165) is 15.7 Å². The van der Waals surface area contributed by atoms with Crippen LogP contribution in [-0.2, 0) is 11.3 Å². The number of hydrogen-bond donors (Lipinski definition) is 0. The summed E-state index contributed by atoms with van der Waals surface area (Å²) in [5.74, 6) is -1.33. The van der Waals surface area contributed by atoms with Gasteiger partial charge in [-0.3, -0.25) is 9.36 Å². The van der Waals surface area contributed by atoms with Gasteiger partial charge >= 0.3 is 0 Å². The molecule has 0 aliphatic heterocycles. The van der Waals surface area contributed by atoms with Gasteiger partial charge in [-0.05, 0) is 17.7 Å². The first-order valence-corrected chi connectivity index (χ1v) is 7.24. The largest absolute Gasteiger partial charge is 0.548 e. The van der Waals surface area contributed by atoms with Crippen LogP contribution in [0.4, 0.5) is 0 Å². The van der Waals surface area contributed by atoms with Gasteiger partial charge in [-0.15, -0.1) is 11.3 Å². The highest BCUT2D eigenvalue weighted by atomic mass is 35.5. The Morgan fingerprint density at radius 1 is 1.33 bits per heavy atom. The monoisotopic (exact) mass is 319 g/mol. The minimum Gasteiger partial charge on any atom is -0.548 e. The van der Waals surface area contributed by atoms with Crippen LogP contribution in [0.5, 0.6) is 0 Å². The number of fused-ring (bicyclic) bond motifs is 1. The Hall–Kier alpha value is -2.18. The van der Waals surface area contributed by atoms with Crippen molar-refractivity contribution >= 4 is 39.1 Å². The van der Waals surface area contributed by atoms with Gasteiger partial charge in [-0.2, -0.15) is 0 Å². The van der Waals surface area contributed by atoms with Crippen LogP contribution in [-0.4, -0.2) is 15.5 Å². The highest BCUT2D eigenvalue weighted by Crippen LogP contribution is 2.31. The minimum absolute atomic E-state index is 0.393. The molecule has 0 aliphatic carbocycles. The minimum atomic E-state index is -1.33. The summed E-state index contributed by atoms with van der Waals surface area (Å²) in [6, 6.07) is 7.08. The van der Waals surface area contributed by atoms with Crippen molar-refractivity contribution in [2.24, 2.45) is 0 Å². The van der Waals surface area contributed by atoms with Crippen molar-refractivity contribution in [1.82, 2.24) is 9.55 Å². The first-order valence-electron chi connectivity index (χ1n) is 5.98. The van der Waals surface area contributed by atoms with Crippen molar-refractivity contribution in [3.05, 3.63) is 51.3 Å². The third kappa shape index (κ3) is 2.55. The lowest BCUT2D eigenvalue weighted by molar-refractivity contribution is -0.306. The number of hydrogen-bond acceptors (Lipinski definition) is 5. The number of rotatable bonds is 3. The molecule has 0 bridgehead atoms. The van der Waals surface area contributed by atoms with Gasteiger partial charge in [0.05, 0.1) is 24.2 Å². The Bertz CT molecular complexity index is 883. The summed E-state index contributed by atoms with van der Waals surface area (Å²) in [5.41, 5.74) is 1.16. The van der Waals surface area contributed by atoms with Crippen molar-refractivity contribution in [3.8, 4) is 11.1 Å². The molecule has 1 aromatic carbocycles. The van der Waals surface area contributed by atoms with Crippen LogP contribution >= 0.6 is 22.9 Å². The maximum absolute atomic E-state index is 12.4. The quantitative estimate of drug-likeness (QED) is 0.733. The maximum atomic E-state index is 12.4. The van der Waals surface area contributed by atoms with E-state index in [1.54, 1.807) is 24.3 Å². The topological polar surface area (TPSA) is 75.0 Å². The highest BCUT2D eigenvalue weighted by molar-refractivity contribution is 7.17. The zero-order chi connectivity index (χ0) is 15.0. The van der Waals surface area contributed by atoms with E-state index >= 15 is 0 Å². The molecule has 0 amide bonds. The zero-order valence-corrected chi connectivity index (χ0v) is 12.1. The van der Waals surface area contributed by atoms with Crippen LogP contribution in [0.2, 0.25) is 5.02 Å². The molecule has 0 radical (unpaired) electrons. The number of carboxylic acids is 1. The molecule has 2 aromatic heterocycles. The Kier molecular flexibility index (Phi) is 3.48. The van der Waals surface area contributed by atoms with Crippen molar-refractivity contribution < 1.29 is 9.90 Å². The molecule has 7 heteroatoms. The molecule has 5 nitrogen and oxygen atoms in total. The molecule has 0 saturated heterocycles. The van der Waals surface area contributed by atoms with Gasteiger partial charge in [0.25, 0.3) is 5.56 Å². The predicted molar refractivity (Wildman–Crippen MR) is 79.3 cm³/mol. The summed E-state index contributed by atoms with van der Waals surface area (Å²) in [7, 11) is 0. The summed E-state index contributed by atoms with van der Waals surface area (Å²) in [6.07, 6.45) is 1.22. The average molecular weight is 320 g/mol. The molecule has 0 unspecified atom stereocenters. The van der Waals surface area contributed by atoms with Gasteiger partial charge in [0.1, 0.15) is 4.83 Å². The van der Waals surface area contributed by atoms with E-state index < -0.39 is 18.1 Å². The fourth-order valence-electron chi connectivity index (χ4n) is 2.06. The van der Waals surface area contributed by atoms with Crippen LogP contribution in [0, 0.1) is 0 Å². The van der Waals surface area contributed by atoms with Gasteiger partial charge in [0.2, 0.25) is 0 Å². The lowest BCUT2D eigenvalue weighted by Crippen LogP contribution is -2.32.